The minimum atomic E-state index is 0.925. The molecule has 422 valence electrons. The normalized spacial score (nSPS) is 12.0. The van der Waals surface area contributed by atoms with Crippen LogP contribution in [0.1, 0.15) is 0 Å². The average molecular weight is 1160 g/mol. The molecule has 0 saturated heterocycles. The molecule has 0 N–H and O–H groups in total. The molecule has 0 atom stereocenters. The number of hydrogen-bond donors (Lipinski definition) is 0. The van der Waals surface area contributed by atoms with Gasteiger partial charge in [-0.15, -0.1) is 0 Å². The Labute approximate surface area is 524 Å². The van der Waals surface area contributed by atoms with Gasteiger partial charge in [0.25, 0.3) is 0 Å². The lowest BCUT2D eigenvalue weighted by Gasteiger charge is -2.21. The quantitative estimate of drug-likeness (QED) is 0.139. The van der Waals surface area contributed by atoms with E-state index in [2.05, 4.69) is 341 Å². The van der Waals surface area contributed by atoms with E-state index in [1.165, 1.54) is 125 Å². The van der Waals surface area contributed by atoms with E-state index in [9.17, 15) is 0 Å². The van der Waals surface area contributed by atoms with E-state index in [1.807, 2.05) is 0 Å². The van der Waals surface area contributed by atoms with Crippen molar-refractivity contribution >= 4 is 109 Å². The first-order valence-electron chi connectivity index (χ1n) is 31.3. The van der Waals surface area contributed by atoms with E-state index < -0.39 is 0 Å². The van der Waals surface area contributed by atoms with Crippen molar-refractivity contribution in [1.82, 2.24) is 18.7 Å². The second kappa shape index (κ2) is 20.2. The van der Waals surface area contributed by atoms with Crippen LogP contribution >= 0.6 is 0 Å². The topological polar surface area (TPSA) is 27.7 Å². The molecule has 0 saturated carbocycles. The predicted molar refractivity (Wildman–Crippen MR) is 384 cm³/mol. The molecule has 0 radical (unpaired) electrons. The van der Waals surface area contributed by atoms with Crippen LogP contribution in [0, 0.1) is 0 Å². The summed E-state index contributed by atoms with van der Waals surface area (Å²) in [5.74, 6) is 0.925. The van der Waals surface area contributed by atoms with Crippen molar-refractivity contribution in [3.63, 3.8) is 0 Å². The lowest BCUT2D eigenvalue weighted by Crippen LogP contribution is -1.97. The fourth-order valence-electron chi connectivity index (χ4n) is 15.3. The zero-order chi connectivity index (χ0) is 59.7. The molecule has 3 aromatic heterocycles. The molecular formula is C87H54N4. The molecule has 19 rings (SSSR count). The minimum absolute atomic E-state index is 0.925. The molecule has 19 aromatic rings. The number of fused-ring (bicyclic) bond motifs is 12. The summed E-state index contributed by atoms with van der Waals surface area (Å²) < 4.78 is 7.15. The monoisotopic (exact) mass is 1150 g/mol. The van der Waals surface area contributed by atoms with E-state index in [-0.39, 0.29) is 0 Å². The zero-order valence-corrected chi connectivity index (χ0v) is 49.5. The van der Waals surface area contributed by atoms with Crippen LogP contribution in [0.25, 0.3) is 181 Å². The van der Waals surface area contributed by atoms with Gasteiger partial charge in [0, 0.05) is 44.2 Å². The van der Waals surface area contributed by atoms with Gasteiger partial charge in [0.15, 0.2) is 0 Å². The standard InChI is InChI=1S/C87H54N4/c1-2-24-62(25-3-1)91-82-43-19-14-38-77(82)88-87(91)61-47-45-55-50-59(46-44-56(55)51-61)84-69-32-4-6-34-71(69)85(72-35-7-5-33-70(72)84)60-48-49-75-76(54-60)86(58-23-21-27-64(53-58)90-80-41-17-12-30-67(80)68-31-13-18-42-81(68)90)74-37-9-8-36-73(74)83(75)57-22-20-26-63(52-57)89-78-39-15-10-28-65(78)66-29-11-16-40-79(66)89/h1-54H. The smallest absolute Gasteiger partial charge is 0.145 e. The van der Waals surface area contributed by atoms with Gasteiger partial charge in [-0.2, -0.15) is 0 Å². The lowest BCUT2D eigenvalue weighted by atomic mass is 9.82. The van der Waals surface area contributed by atoms with Crippen molar-refractivity contribution in [2.45, 2.75) is 0 Å². The van der Waals surface area contributed by atoms with Crippen molar-refractivity contribution in [1.29, 1.82) is 0 Å². The molecule has 0 amide bonds. The summed E-state index contributed by atoms with van der Waals surface area (Å²) in [5.41, 5.74) is 20.8. The Morgan fingerprint density at radius 3 is 0.989 bits per heavy atom. The number of aromatic nitrogens is 4. The Hall–Kier alpha value is -12.1. The molecule has 16 aromatic carbocycles. The molecule has 0 aliphatic rings. The summed E-state index contributed by atoms with van der Waals surface area (Å²) in [6, 6.07) is 121. The first-order valence-corrected chi connectivity index (χ1v) is 31.3. The summed E-state index contributed by atoms with van der Waals surface area (Å²) in [7, 11) is 0. The van der Waals surface area contributed by atoms with Gasteiger partial charge in [0.2, 0.25) is 0 Å². The van der Waals surface area contributed by atoms with Gasteiger partial charge < -0.3 is 9.13 Å². The molecular weight excluding hydrogens is 1100 g/mol. The first kappa shape index (κ1) is 51.0. The van der Waals surface area contributed by atoms with Gasteiger partial charge in [-0.3, -0.25) is 4.57 Å². The Morgan fingerprint density at radius 2 is 0.516 bits per heavy atom. The van der Waals surface area contributed by atoms with Crippen molar-refractivity contribution in [3.8, 4) is 73.0 Å². The Balaban J connectivity index is 0.826. The maximum atomic E-state index is 5.22. The van der Waals surface area contributed by atoms with Gasteiger partial charge in [0.05, 0.1) is 33.1 Å². The predicted octanol–water partition coefficient (Wildman–Crippen LogP) is 23.3. The van der Waals surface area contributed by atoms with Crippen LogP contribution in [0.5, 0.6) is 0 Å². The van der Waals surface area contributed by atoms with Crippen molar-refractivity contribution in [2.75, 3.05) is 0 Å². The van der Waals surface area contributed by atoms with Gasteiger partial charge >= 0.3 is 0 Å². The molecule has 91 heavy (non-hydrogen) atoms. The van der Waals surface area contributed by atoms with Crippen LogP contribution in [-0.2, 0) is 0 Å². The third-order valence-electron chi connectivity index (χ3n) is 19.2. The van der Waals surface area contributed by atoms with Gasteiger partial charge in [0.1, 0.15) is 5.82 Å². The Kier molecular flexibility index (Phi) is 11.3. The van der Waals surface area contributed by atoms with Crippen LogP contribution in [0.3, 0.4) is 0 Å². The number of para-hydroxylation sites is 7. The van der Waals surface area contributed by atoms with Crippen molar-refractivity contribution < 1.29 is 0 Å². The number of nitrogens with zero attached hydrogens (tertiary/aromatic N) is 4. The van der Waals surface area contributed by atoms with Gasteiger partial charge in [-0.05, 0) is 189 Å². The third-order valence-corrected chi connectivity index (χ3v) is 19.2. The lowest BCUT2D eigenvalue weighted by molar-refractivity contribution is 1.10. The molecule has 0 aliphatic heterocycles. The highest BCUT2D eigenvalue weighted by molar-refractivity contribution is 6.26. The van der Waals surface area contributed by atoms with E-state index in [0.29, 0.717) is 0 Å². The molecule has 4 nitrogen and oxygen atoms in total. The largest absolute Gasteiger partial charge is 0.309 e. The highest BCUT2D eigenvalue weighted by Gasteiger charge is 2.24. The third kappa shape index (κ3) is 7.86. The van der Waals surface area contributed by atoms with Crippen molar-refractivity contribution in [3.05, 3.63) is 328 Å². The average Bonchev–Trinajstić information content (AvgIpc) is 1.55. The number of imidazole rings is 1. The fourth-order valence-corrected chi connectivity index (χ4v) is 15.3. The summed E-state index contributed by atoms with van der Waals surface area (Å²) in [5, 5.41) is 17.0. The Morgan fingerprint density at radius 1 is 0.187 bits per heavy atom. The highest BCUT2D eigenvalue weighted by atomic mass is 15.1. The maximum absolute atomic E-state index is 5.22. The number of rotatable bonds is 8. The van der Waals surface area contributed by atoms with E-state index in [1.54, 1.807) is 0 Å². The second-order valence-electron chi connectivity index (χ2n) is 24.1. The molecule has 0 fully saturated rings. The van der Waals surface area contributed by atoms with E-state index in [4.69, 9.17) is 4.98 Å². The van der Waals surface area contributed by atoms with Gasteiger partial charge in [-0.25, -0.2) is 4.98 Å². The first-order chi connectivity index (χ1) is 45.2. The maximum Gasteiger partial charge on any atom is 0.145 e. The molecule has 0 aliphatic carbocycles. The van der Waals surface area contributed by atoms with Crippen LogP contribution in [0.15, 0.2) is 328 Å². The highest BCUT2D eigenvalue weighted by Crippen LogP contribution is 2.50. The Bertz CT molecular complexity index is 6050. The SMILES string of the molecule is c1ccc(-n2c(-c3ccc4cc(-c5c6ccccc6c(-c6ccc7c(-c8cccc(-n9c%10ccccc%10c%10ccccc%109)c8)c8ccccc8c(-c8cccc(-n9c%10ccccc%10c%10ccccc%109)c8)c7c6)c6ccccc56)ccc4c3)nc3ccccc32)cc1. The van der Waals surface area contributed by atoms with Crippen LogP contribution in [0.2, 0.25) is 0 Å². The zero-order valence-electron chi connectivity index (χ0n) is 49.5. The van der Waals surface area contributed by atoms with Crippen LogP contribution in [0.4, 0.5) is 0 Å². The van der Waals surface area contributed by atoms with Crippen LogP contribution in [-0.4, -0.2) is 18.7 Å². The second-order valence-corrected chi connectivity index (χ2v) is 24.1. The van der Waals surface area contributed by atoms with Gasteiger partial charge in [-0.1, -0.05) is 237 Å². The molecule has 4 heteroatoms. The molecule has 0 unspecified atom stereocenters. The summed E-state index contributed by atoms with van der Waals surface area (Å²) in [6.45, 7) is 0. The van der Waals surface area contributed by atoms with E-state index >= 15 is 0 Å². The number of benzene rings is 16. The minimum Gasteiger partial charge on any atom is -0.309 e. The molecule has 3 heterocycles. The fraction of sp³-hybridized carbons (Fsp3) is 0. The summed E-state index contributed by atoms with van der Waals surface area (Å²) >= 11 is 0. The summed E-state index contributed by atoms with van der Waals surface area (Å²) in [4.78, 5) is 5.22. The van der Waals surface area contributed by atoms with E-state index in [0.717, 1.165) is 56.0 Å². The molecule has 0 spiro atoms. The molecule has 0 bridgehead atoms. The summed E-state index contributed by atoms with van der Waals surface area (Å²) in [6.07, 6.45) is 0. The number of hydrogen-bond acceptors (Lipinski definition) is 1. The van der Waals surface area contributed by atoms with Crippen LogP contribution < -0.4 is 0 Å². The van der Waals surface area contributed by atoms with Crippen molar-refractivity contribution in [2.24, 2.45) is 0 Å².